The van der Waals surface area contributed by atoms with Crippen LogP contribution in [0.4, 0.5) is 0 Å². The van der Waals surface area contributed by atoms with E-state index >= 15 is 0 Å². The number of piperidine rings is 1. The molecule has 1 aliphatic rings. The maximum absolute atomic E-state index is 11.6. The van der Waals surface area contributed by atoms with E-state index in [1.807, 2.05) is 0 Å². The lowest BCUT2D eigenvalue weighted by Gasteiger charge is -2.22. The quantitative estimate of drug-likeness (QED) is 0.864. The van der Waals surface area contributed by atoms with Gasteiger partial charge >= 0.3 is 0 Å². The van der Waals surface area contributed by atoms with Crippen LogP contribution in [0.5, 0.6) is 0 Å². The van der Waals surface area contributed by atoms with Crippen molar-refractivity contribution in [2.24, 2.45) is 5.92 Å². The van der Waals surface area contributed by atoms with Crippen LogP contribution in [0.3, 0.4) is 0 Å². The molecule has 2 heterocycles. The third-order valence-electron chi connectivity index (χ3n) is 2.82. The lowest BCUT2D eigenvalue weighted by atomic mass is 9.96. The maximum atomic E-state index is 11.6. The second-order valence-electron chi connectivity index (χ2n) is 4.04. The van der Waals surface area contributed by atoms with Crippen molar-refractivity contribution < 1.29 is 4.79 Å². The summed E-state index contributed by atoms with van der Waals surface area (Å²) in [5.41, 5.74) is 0. The Morgan fingerprint density at radius 3 is 3.18 bits per heavy atom. The first-order valence-electron chi connectivity index (χ1n) is 5.62. The van der Waals surface area contributed by atoms with Crippen molar-refractivity contribution in [2.75, 3.05) is 19.6 Å². The first-order chi connectivity index (χ1) is 7.86. The number of nitrogens with one attached hydrogen (secondary N) is 2. The van der Waals surface area contributed by atoms with E-state index in [-0.39, 0.29) is 18.3 Å². The van der Waals surface area contributed by atoms with Crippen molar-refractivity contribution in [2.45, 2.75) is 19.3 Å². The molecule has 0 radical (unpaired) electrons. The third kappa shape index (κ3) is 4.57. The summed E-state index contributed by atoms with van der Waals surface area (Å²) in [6.07, 6.45) is 5.06. The van der Waals surface area contributed by atoms with Crippen molar-refractivity contribution >= 4 is 29.8 Å². The molecule has 0 aliphatic carbocycles. The molecule has 17 heavy (non-hydrogen) atoms. The zero-order chi connectivity index (χ0) is 11.2. The monoisotopic (exact) mass is 276 g/mol. The van der Waals surface area contributed by atoms with Crippen LogP contribution in [0.2, 0.25) is 0 Å². The summed E-state index contributed by atoms with van der Waals surface area (Å²) in [4.78, 5) is 12.1. The molecule has 0 saturated carbocycles. The topological polar surface area (TPSA) is 66.9 Å². The fourth-order valence-corrected chi connectivity index (χ4v) is 2.35. The van der Waals surface area contributed by atoms with Crippen LogP contribution in [-0.4, -0.2) is 35.1 Å². The van der Waals surface area contributed by atoms with Crippen molar-refractivity contribution in [1.82, 2.24) is 20.2 Å². The number of nitrogens with zero attached hydrogens (tertiary/aromatic N) is 2. The van der Waals surface area contributed by atoms with Gasteiger partial charge in [0.1, 0.15) is 4.88 Å². The molecule has 2 rings (SSSR count). The lowest BCUT2D eigenvalue weighted by molar-refractivity contribution is 0.0954. The van der Waals surface area contributed by atoms with Crippen LogP contribution in [0.25, 0.3) is 0 Å². The fraction of sp³-hybridized carbons (Fsp3) is 0.700. The van der Waals surface area contributed by atoms with Crippen LogP contribution >= 0.6 is 23.9 Å². The Hall–Kier alpha value is -0.720. The van der Waals surface area contributed by atoms with Gasteiger partial charge in [0.2, 0.25) is 0 Å². The Bertz CT molecular complexity index is 327. The van der Waals surface area contributed by atoms with Crippen LogP contribution in [0, 0.1) is 5.92 Å². The minimum Gasteiger partial charge on any atom is -0.351 e. The van der Waals surface area contributed by atoms with Gasteiger partial charge < -0.3 is 10.6 Å². The molecule has 0 aromatic carbocycles. The zero-order valence-corrected chi connectivity index (χ0v) is 11.1. The Morgan fingerprint density at radius 1 is 1.65 bits per heavy atom. The van der Waals surface area contributed by atoms with Gasteiger partial charge in [-0.3, -0.25) is 4.79 Å². The van der Waals surface area contributed by atoms with E-state index in [9.17, 15) is 4.79 Å². The van der Waals surface area contributed by atoms with E-state index in [4.69, 9.17) is 0 Å². The van der Waals surface area contributed by atoms with Crippen LogP contribution in [-0.2, 0) is 0 Å². The number of halogens is 1. The number of aromatic nitrogens is 2. The van der Waals surface area contributed by atoms with E-state index in [2.05, 4.69) is 20.2 Å². The van der Waals surface area contributed by atoms with Gasteiger partial charge in [-0.15, -0.1) is 17.5 Å². The van der Waals surface area contributed by atoms with E-state index in [1.54, 1.807) is 0 Å². The Balaban J connectivity index is 0.00000144. The van der Waals surface area contributed by atoms with Gasteiger partial charge in [-0.2, -0.15) is 0 Å². The summed E-state index contributed by atoms with van der Waals surface area (Å²) in [7, 11) is 0. The normalized spacial score (nSPS) is 19.4. The van der Waals surface area contributed by atoms with Gasteiger partial charge in [-0.05, 0) is 49.8 Å². The molecule has 2 N–H and O–H groups in total. The average molecular weight is 277 g/mol. The number of hydrogen-bond donors (Lipinski definition) is 2. The highest BCUT2D eigenvalue weighted by Gasteiger charge is 2.13. The summed E-state index contributed by atoms with van der Waals surface area (Å²) in [5, 5.41) is 9.90. The minimum absolute atomic E-state index is 0. The predicted molar refractivity (Wildman–Crippen MR) is 69.7 cm³/mol. The summed E-state index contributed by atoms with van der Waals surface area (Å²) in [6.45, 7) is 2.95. The third-order valence-corrected chi connectivity index (χ3v) is 3.49. The number of carbonyl (C=O) groups excluding carboxylic acids is 1. The molecular formula is C10H17ClN4OS. The predicted octanol–water partition coefficient (Wildman–Crippen LogP) is 1.08. The van der Waals surface area contributed by atoms with Crippen molar-refractivity contribution in [3.05, 3.63) is 11.1 Å². The minimum atomic E-state index is -0.0567. The Kier molecular flexibility index (Phi) is 6.39. The molecule has 96 valence electrons. The van der Waals surface area contributed by atoms with Gasteiger partial charge in [-0.25, -0.2) is 0 Å². The second kappa shape index (κ2) is 7.58. The molecule has 1 amide bonds. The first kappa shape index (κ1) is 14.3. The van der Waals surface area contributed by atoms with Crippen molar-refractivity contribution in [1.29, 1.82) is 0 Å². The maximum Gasteiger partial charge on any atom is 0.264 e. The van der Waals surface area contributed by atoms with Crippen LogP contribution in [0.1, 0.15) is 28.9 Å². The molecule has 1 atom stereocenters. The first-order valence-corrected chi connectivity index (χ1v) is 6.40. The summed E-state index contributed by atoms with van der Waals surface area (Å²) in [6, 6.07) is 0. The second-order valence-corrected chi connectivity index (χ2v) is 4.82. The average Bonchev–Trinajstić information content (AvgIpc) is 2.84. The fourth-order valence-electron chi connectivity index (χ4n) is 1.91. The van der Waals surface area contributed by atoms with Gasteiger partial charge in [-0.1, -0.05) is 4.49 Å². The standard InChI is InChI=1S/C10H16N4OS.ClH/c15-10(9-7-13-14-16-9)12-5-3-8-2-1-4-11-6-8;/h7-8,11H,1-6H2,(H,12,15);1H. The van der Waals surface area contributed by atoms with Gasteiger partial charge in [0.25, 0.3) is 5.91 Å². The molecule has 0 spiro atoms. The van der Waals surface area contributed by atoms with Crippen LogP contribution in [0.15, 0.2) is 6.20 Å². The molecule has 1 fully saturated rings. The number of carbonyl (C=O) groups is 1. The number of hydrogen-bond acceptors (Lipinski definition) is 5. The lowest BCUT2D eigenvalue weighted by Crippen LogP contribution is -2.33. The van der Waals surface area contributed by atoms with Crippen molar-refractivity contribution in [3.8, 4) is 0 Å². The van der Waals surface area contributed by atoms with E-state index in [0.29, 0.717) is 10.8 Å². The van der Waals surface area contributed by atoms with Gasteiger partial charge in [0, 0.05) is 6.54 Å². The van der Waals surface area contributed by atoms with E-state index in [1.165, 1.54) is 19.0 Å². The van der Waals surface area contributed by atoms with Crippen molar-refractivity contribution in [3.63, 3.8) is 0 Å². The molecular weight excluding hydrogens is 260 g/mol. The molecule has 1 saturated heterocycles. The number of amides is 1. The molecule has 0 bridgehead atoms. The largest absolute Gasteiger partial charge is 0.351 e. The molecule has 1 aliphatic heterocycles. The molecule has 1 aromatic rings. The molecule has 1 unspecified atom stereocenters. The smallest absolute Gasteiger partial charge is 0.264 e. The van der Waals surface area contributed by atoms with Crippen LogP contribution < -0.4 is 10.6 Å². The zero-order valence-electron chi connectivity index (χ0n) is 9.52. The Labute approximate surface area is 111 Å². The highest BCUT2D eigenvalue weighted by Crippen LogP contribution is 2.13. The van der Waals surface area contributed by atoms with E-state index in [0.717, 1.165) is 37.6 Å². The summed E-state index contributed by atoms with van der Waals surface area (Å²) >= 11 is 1.13. The number of rotatable bonds is 4. The highest BCUT2D eigenvalue weighted by molar-refractivity contribution is 7.07. The summed E-state index contributed by atoms with van der Waals surface area (Å²) < 4.78 is 3.66. The molecule has 7 heteroatoms. The summed E-state index contributed by atoms with van der Waals surface area (Å²) in [5.74, 6) is 0.646. The van der Waals surface area contributed by atoms with Gasteiger partial charge in [0.15, 0.2) is 0 Å². The van der Waals surface area contributed by atoms with E-state index < -0.39 is 0 Å². The molecule has 1 aromatic heterocycles. The molecule has 5 nitrogen and oxygen atoms in total. The highest BCUT2D eigenvalue weighted by atomic mass is 35.5. The SMILES string of the molecule is Cl.O=C(NCCC1CCCNC1)c1cnns1. The Morgan fingerprint density at radius 2 is 2.53 bits per heavy atom. The van der Waals surface area contributed by atoms with Gasteiger partial charge in [0.05, 0.1) is 6.20 Å².